The van der Waals surface area contributed by atoms with Crippen LogP contribution in [0.4, 0.5) is 10.6 Å². The fourth-order valence-electron chi connectivity index (χ4n) is 3.54. The number of nitrogens with one attached hydrogen (secondary N) is 1. The standard InChI is InChI=1S/C20H24N4O2/c1-23-19(13-17(22-23)18-10-6-12-26-18)21-20(25)24-11-5-9-16(14-24)15-7-3-2-4-8-15/h2-4,7-9,13,18H,5-6,10-12,14H2,1H3,(H,21,25). The second-order valence-electron chi connectivity index (χ2n) is 6.82. The van der Waals surface area contributed by atoms with Gasteiger partial charge in [-0.2, -0.15) is 5.10 Å². The fourth-order valence-corrected chi connectivity index (χ4v) is 3.54. The van der Waals surface area contributed by atoms with Crippen LogP contribution >= 0.6 is 0 Å². The minimum absolute atomic E-state index is 0.0504. The largest absolute Gasteiger partial charge is 0.372 e. The molecule has 2 amide bonds. The van der Waals surface area contributed by atoms with Crippen LogP contribution in [0, 0.1) is 0 Å². The molecule has 2 aromatic rings. The SMILES string of the molecule is Cn1nc(C2CCCO2)cc1NC(=O)N1CCC=C(c2ccccc2)C1. The lowest BCUT2D eigenvalue weighted by Gasteiger charge is -2.27. The first-order valence-corrected chi connectivity index (χ1v) is 9.16. The monoisotopic (exact) mass is 352 g/mol. The van der Waals surface area contributed by atoms with Crippen molar-refractivity contribution < 1.29 is 9.53 Å². The molecule has 2 aliphatic rings. The third kappa shape index (κ3) is 3.51. The van der Waals surface area contributed by atoms with Crippen molar-refractivity contribution in [1.82, 2.24) is 14.7 Å². The predicted octanol–water partition coefficient (Wildman–Crippen LogP) is 3.59. The van der Waals surface area contributed by atoms with E-state index in [0.717, 1.165) is 38.1 Å². The van der Waals surface area contributed by atoms with Gasteiger partial charge in [0.05, 0.1) is 5.69 Å². The summed E-state index contributed by atoms with van der Waals surface area (Å²) in [6.45, 7) is 2.12. The maximum Gasteiger partial charge on any atom is 0.323 e. The summed E-state index contributed by atoms with van der Waals surface area (Å²) in [5.41, 5.74) is 3.26. The van der Waals surface area contributed by atoms with Crippen molar-refractivity contribution in [2.24, 2.45) is 7.05 Å². The number of aryl methyl sites for hydroxylation is 1. The molecule has 1 N–H and O–H groups in total. The van der Waals surface area contributed by atoms with E-state index in [1.165, 1.54) is 11.1 Å². The molecule has 1 fully saturated rings. The molecule has 6 nitrogen and oxygen atoms in total. The molecule has 1 atom stereocenters. The summed E-state index contributed by atoms with van der Waals surface area (Å²) in [5, 5.41) is 7.50. The number of carbonyl (C=O) groups is 1. The molecular formula is C20H24N4O2. The van der Waals surface area contributed by atoms with Crippen molar-refractivity contribution in [2.75, 3.05) is 25.0 Å². The molecule has 4 rings (SSSR count). The number of carbonyl (C=O) groups excluding carboxylic acids is 1. The molecule has 136 valence electrons. The Morgan fingerprint density at radius 3 is 2.92 bits per heavy atom. The Morgan fingerprint density at radius 1 is 1.31 bits per heavy atom. The number of rotatable bonds is 3. The Balaban J connectivity index is 1.43. The van der Waals surface area contributed by atoms with Gasteiger partial charge in [-0.3, -0.25) is 10.00 Å². The number of anilines is 1. The van der Waals surface area contributed by atoms with Gasteiger partial charge in [-0.15, -0.1) is 0 Å². The van der Waals surface area contributed by atoms with Crippen LogP contribution in [-0.4, -0.2) is 40.4 Å². The van der Waals surface area contributed by atoms with Gasteiger partial charge in [-0.05, 0) is 30.4 Å². The third-order valence-corrected chi connectivity index (χ3v) is 4.98. The zero-order valence-corrected chi connectivity index (χ0v) is 15.0. The zero-order valence-electron chi connectivity index (χ0n) is 15.0. The first-order valence-electron chi connectivity index (χ1n) is 9.16. The van der Waals surface area contributed by atoms with Gasteiger partial charge in [-0.1, -0.05) is 36.4 Å². The van der Waals surface area contributed by atoms with E-state index < -0.39 is 0 Å². The highest BCUT2D eigenvalue weighted by molar-refractivity contribution is 5.90. The number of nitrogens with zero attached hydrogens (tertiary/aromatic N) is 3. The molecule has 26 heavy (non-hydrogen) atoms. The van der Waals surface area contributed by atoms with Crippen LogP contribution < -0.4 is 5.32 Å². The van der Waals surface area contributed by atoms with E-state index in [-0.39, 0.29) is 12.1 Å². The van der Waals surface area contributed by atoms with Gasteiger partial charge in [0, 0.05) is 32.8 Å². The summed E-state index contributed by atoms with van der Waals surface area (Å²) in [6, 6.07) is 12.1. The Labute approximate surface area is 153 Å². The average Bonchev–Trinajstić information content (AvgIpc) is 3.33. The van der Waals surface area contributed by atoms with Crippen molar-refractivity contribution >= 4 is 17.4 Å². The number of hydrogen-bond acceptors (Lipinski definition) is 3. The summed E-state index contributed by atoms with van der Waals surface area (Å²) in [4.78, 5) is 14.6. The summed E-state index contributed by atoms with van der Waals surface area (Å²) in [6.07, 6.45) is 5.19. The maximum absolute atomic E-state index is 12.7. The quantitative estimate of drug-likeness (QED) is 0.918. The third-order valence-electron chi connectivity index (χ3n) is 4.98. The van der Waals surface area contributed by atoms with Crippen LogP contribution in [0.15, 0.2) is 42.5 Å². The van der Waals surface area contributed by atoms with Crippen LogP contribution in [0.3, 0.4) is 0 Å². The molecule has 2 aliphatic heterocycles. The van der Waals surface area contributed by atoms with E-state index in [1.807, 2.05) is 36.2 Å². The van der Waals surface area contributed by atoms with Gasteiger partial charge in [0.25, 0.3) is 0 Å². The summed E-state index contributed by atoms with van der Waals surface area (Å²) < 4.78 is 7.40. The van der Waals surface area contributed by atoms with E-state index in [9.17, 15) is 4.79 Å². The first-order chi connectivity index (χ1) is 12.7. The van der Waals surface area contributed by atoms with Crippen molar-refractivity contribution in [3.8, 4) is 0 Å². The highest BCUT2D eigenvalue weighted by Crippen LogP contribution is 2.29. The highest BCUT2D eigenvalue weighted by atomic mass is 16.5. The Kier molecular flexibility index (Phi) is 4.75. The van der Waals surface area contributed by atoms with E-state index in [0.29, 0.717) is 12.4 Å². The Bertz CT molecular complexity index is 806. The van der Waals surface area contributed by atoms with E-state index in [4.69, 9.17) is 4.74 Å². The first kappa shape index (κ1) is 16.8. The minimum atomic E-state index is -0.0894. The molecule has 1 saturated heterocycles. The second kappa shape index (κ2) is 7.33. The number of urea groups is 1. The van der Waals surface area contributed by atoms with E-state index in [2.05, 4.69) is 28.6 Å². The molecule has 1 aromatic heterocycles. The number of amides is 2. The second-order valence-corrected chi connectivity index (χ2v) is 6.82. The van der Waals surface area contributed by atoms with Gasteiger partial charge in [0.1, 0.15) is 11.9 Å². The summed E-state index contributed by atoms with van der Waals surface area (Å²) in [7, 11) is 1.85. The predicted molar refractivity (Wildman–Crippen MR) is 101 cm³/mol. The Morgan fingerprint density at radius 2 is 2.15 bits per heavy atom. The van der Waals surface area contributed by atoms with Gasteiger partial charge in [-0.25, -0.2) is 4.79 Å². The number of ether oxygens (including phenoxy) is 1. The van der Waals surface area contributed by atoms with Crippen molar-refractivity contribution in [3.63, 3.8) is 0 Å². The van der Waals surface area contributed by atoms with Crippen LogP contribution in [0.25, 0.3) is 5.57 Å². The molecule has 6 heteroatoms. The molecular weight excluding hydrogens is 328 g/mol. The van der Waals surface area contributed by atoms with E-state index in [1.54, 1.807) is 4.68 Å². The van der Waals surface area contributed by atoms with Crippen LogP contribution in [0.2, 0.25) is 0 Å². The van der Waals surface area contributed by atoms with Gasteiger partial charge in [0.15, 0.2) is 0 Å². The van der Waals surface area contributed by atoms with Gasteiger partial charge < -0.3 is 9.64 Å². The number of benzene rings is 1. The van der Waals surface area contributed by atoms with Gasteiger partial charge in [0.2, 0.25) is 0 Å². The van der Waals surface area contributed by atoms with Crippen molar-refractivity contribution in [2.45, 2.75) is 25.4 Å². The molecule has 0 spiro atoms. The normalized spacial score (nSPS) is 20.1. The smallest absolute Gasteiger partial charge is 0.323 e. The van der Waals surface area contributed by atoms with Gasteiger partial charge >= 0.3 is 6.03 Å². The molecule has 1 unspecified atom stereocenters. The average molecular weight is 352 g/mol. The van der Waals surface area contributed by atoms with Crippen LogP contribution in [0.5, 0.6) is 0 Å². The molecule has 1 aromatic carbocycles. The molecule has 0 aliphatic carbocycles. The fraction of sp³-hybridized carbons (Fsp3) is 0.400. The highest BCUT2D eigenvalue weighted by Gasteiger charge is 2.24. The van der Waals surface area contributed by atoms with Crippen LogP contribution in [0.1, 0.15) is 36.6 Å². The molecule has 0 bridgehead atoms. The van der Waals surface area contributed by atoms with Crippen molar-refractivity contribution in [3.05, 3.63) is 53.7 Å². The lowest BCUT2D eigenvalue weighted by molar-refractivity contribution is 0.108. The van der Waals surface area contributed by atoms with E-state index >= 15 is 0 Å². The lowest BCUT2D eigenvalue weighted by Crippen LogP contribution is -2.38. The number of aromatic nitrogens is 2. The zero-order chi connectivity index (χ0) is 17.9. The molecule has 3 heterocycles. The summed E-state index contributed by atoms with van der Waals surface area (Å²) >= 11 is 0. The molecule has 0 radical (unpaired) electrons. The lowest BCUT2D eigenvalue weighted by atomic mass is 10.0. The van der Waals surface area contributed by atoms with Crippen molar-refractivity contribution in [1.29, 1.82) is 0 Å². The minimum Gasteiger partial charge on any atom is -0.372 e. The molecule has 0 saturated carbocycles. The maximum atomic E-state index is 12.7. The Hall–Kier alpha value is -2.60. The summed E-state index contributed by atoms with van der Waals surface area (Å²) in [5.74, 6) is 0.705. The topological polar surface area (TPSA) is 59.4 Å². The van der Waals surface area contributed by atoms with Crippen LogP contribution in [-0.2, 0) is 11.8 Å². The number of hydrogen-bond donors (Lipinski definition) is 1.